The zero-order valence-corrected chi connectivity index (χ0v) is 10.7. The van der Waals surface area contributed by atoms with E-state index in [1.165, 1.54) is 0 Å². The van der Waals surface area contributed by atoms with Crippen LogP contribution in [0.1, 0.15) is 16.7 Å². The van der Waals surface area contributed by atoms with Crippen LogP contribution in [0.25, 0.3) is 0 Å². The van der Waals surface area contributed by atoms with Crippen LogP contribution in [0, 0.1) is 6.92 Å². The third-order valence-electron chi connectivity index (χ3n) is 2.47. The molecule has 0 saturated heterocycles. The highest BCUT2D eigenvalue weighted by atomic mass is 32.2. The lowest BCUT2D eigenvalue weighted by molar-refractivity contribution is 0.218. The Morgan fingerprint density at radius 3 is 2.75 bits per heavy atom. The fraction of sp³-hybridized carbons (Fsp3) is 0.500. The Balaban J connectivity index is 2.63. The van der Waals surface area contributed by atoms with Crippen molar-refractivity contribution in [1.29, 1.82) is 0 Å². The number of methoxy groups -OCH3 is 1. The van der Waals surface area contributed by atoms with Crippen molar-refractivity contribution in [2.75, 3.05) is 19.5 Å². The minimum Gasteiger partial charge on any atom is -0.384 e. The summed E-state index contributed by atoms with van der Waals surface area (Å²) in [7, 11) is 0.778. The van der Waals surface area contributed by atoms with Crippen LogP contribution < -0.4 is 5.73 Å². The zero-order valence-electron chi connectivity index (χ0n) is 9.86. The normalized spacial score (nSPS) is 12.7. The highest BCUT2D eigenvalue weighted by Gasteiger charge is 2.05. The lowest BCUT2D eigenvalue weighted by atomic mass is 10.1. The molecule has 4 heteroatoms. The topological polar surface area (TPSA) is 52.3 Å². The van der Waals surface area contributed by atoms with Gasteiger partial charge in [-0.15, -0.1) is 0 Å². The number of rotatable bonds is 6. The average molecular weight is 241 g/mol. The van der Waals surface area contributed by atoms with Gasteiger partial charge in [0.25, 0.3) is 0 Å². The van der Waals surface area contributed by atoms with Crippen molar-refractivity contribution in [2.45, 2.75) is 19.2 Å². The summed E-state index contributed by atoms with van der Waals surface area (Å²) in [5.41, 5.74) is 8.97. The van der Waals surface area contributed by atoms with E-state index in [9.17, 15) is 4.21 Å². The molecule has 2 N–H and O–H groups in total. The lowest BCUT2D eigenvalue weighted by Crippen LogP contribution is -2.07. The van der Waals surface area contributed by atoms with E-state index in [4.69, 9.17) is 10.5 Å². The van der Waals surface area contributed by atoms with E-state index in [1.807, 2.05) is 19.1 Å². The predicted molar refractivity (Wildman–Crippen MR) is 67.7 cm³/mol. The molecule has 1 aromatic rings. The molecule has 0 spiro atoms. The largest absolute Gasteiger partial charge is 0.384 e. The predicted octanol–water partition coefficient (Wildman–Crippen LogP) is 1.35. The van der Waals surface area contributed by atoms with Crippen molar-refractivity contribution >= 4 is 10.8 Å². The van der Waals surface area contributed by atoms with Crippen molar-refractivity contribution in [3.8, 4) is 0 Å². The first kappa shape index (κ1) is 13.4. The third kappa shape index (κ3) is 4.04. The van der Waals surface area contributed by atoms with Gasteiger partial charge in [0.05, 0.1) is 6.61 Å². The minimum absolute atomic E-state index is 0.548. The van der Waals surface area contributed by atoms with Crippen LogP contribution in [0.4, 0.5) is 0 Å². The Morgan fingerprint density at radius 2 is 2.19 bits per heavy atom. The maximum Gasteiger partial charge on any atom is 0.0577 e. The van der Waals surface area contributed by atoms with Crippen molar-refractivity contribution in [2.24, 2.45) is 5.73 Å². The molecule has 90 valence electrons. The molecule has 1 aromatic carbocycles. The second-order valence-electron chi connectivity index (χ2n) is 3.75. The average Bonchev–Trinajstić information content (AvgIpc) is 2.29. The highest BCUT2D eigenvalue weighted by molar-refractivity contribution is 7.84. The number of hydrogen-bond donors (Lipinski definition) is 1. The number of hydrogen-bond acceptors (Lipinski definition) is 3. The van der Waals surface area contributed by atoms with E-state index < -0.39 is 10.8 Å². The van der Waals surface area contributed by atoms with Gasteiger partial charge in [0, 0.05) is 36.0 Å². The molecule has 0 aromatic heterocycles. The van der Waals surface area contributed by atoms with Crippen LogP contribution in [0.15, 0.2) is 18.2 Å². The van der Waals surface area contributed by atoms with Gasteiger partial charge in [0.1, 0.15) is 0 Å². The monoisotopic (exact) mass is 241 g/mol. The first-order valence-corrected chi connectivity index (χ1v) is 6.78. The van der Waals surface area contributed by atoms with Crippen molar-refractivity contribution in [3.63, 3.8) is 0 Å². The molecule has 1 unspecified atom stereocenters. The minimum atomic E-state index is -0.846. The fourth-order valence-corrected chi connectivity index (χ4v) is 2.64. The van der Waals surface area contributed by atoms with Crippen molar-refractivity contribution in [1.82, 2.24) is 0 Å². The number of ether oxygens (including phenoxy) is 1. The molecular formula is C12H19NO2S. The SMILES string of the molecule is COCCS(=O)Cc1ccc(CN)cc1C. The van der Waals surface area contributed by atoms with E-state index in [0.717, 1.165) is 16.7 Å². The molecule has 1 atom stereocenters. The van der Waals surface area contributed by atoms with Crippen LogP contribution >= 0.6 is 0 Å². The molecule has 0 fully saturated rings. The molecule has 0 heterocycles. The molecular weight excluding hydrogens is 222 g/mol. The maximum absolute atomic E-state index is 11.7. The summed E-state index contributed by atoms with van der Waals surface area (Å²) in [6, 6.07) is 6.07. The summed E-state index contributed by atoms with van der Waals surface area (Å²) in [6.07, 6.45) is 0. The Hall–Kier alpha value is -0.710. The molecule has 0 saturated carbocycles. The highest BCUT2D eigenvalue weighted by Crippen LogP contribution is 2.13. The molecule has 16 heavy (non-hydrogen) atoms. The summed E-state index contributed by atoms with van der Waals surface area (Å²) < 4.78 is 16.6. The van der Waals surface area contributed by atoms with Gasteiger partial charge >= 0.3 is 0 Å². The van der Waals surface area contributed by atoms with E-state index >= 15 is 0 Å². The summed E-state index contributed by atoms with van der Waals surface area (Å²) >= 11 is 0. The smallest absolute Gasteiger partial charge is 0.0577 e. The maximum atomic E-state index is 11.7. The molecule has 3 nitrogen and oxygen atoms in total. The van der Waals surface area contributed by atoms with Crippen molar-refractivity contribution in [3.05, 3.63) is 34.9 Å². The first-order chi connectivity index (χ1) is 7.67. The molecule has 0 aliphatic heterocycles. The summed E-state index contributed by atoms with van der Waals surface area (Å²) in [5.74, 6) is 1.19. The van der Waals surface area contributed by atoms with Crippen LogP contribution in [0.2, 0.25) is 0 Å². The van der Waals surface area contributed by atoms with Gasteiger partial charge in [-0.3, -0.25) is 4.21 Å². The first-order valence-electron chi connectivity index (χ1n) is 5.29. The fourth-order valence-electron chi connectivity index (χ4n) is 1.47. The number of benzene rings is 1. The Labute approximate surface area is 99.4 Å². The second kappa shape index (κ2) is 6.78. The van der Waals surface area contributed by atoms with Crippen LogP contribution in [-0.4, -0.2) is 23.7 Å². The molecule has 0 aliphatic rings. The van der Waals surface area contributed by atoms with Gasteiger partial charge in [-0.2, -0.15) is 0 Å². The van der Waals surface area contributed by atoms with Gasteiger partial charge in [0.2, 0.25) is 0 Å². The molecule has 0 aliphatic carbocycles. The van der Waals surface area contributed by atoms with E-state index in [0.29, 0.717) is 24.7 Å². The Bertz CT molecular complexity index is 366. The third-order valence-corrected chi connectivity index (χ3v) is 3.73. The van der Waals surface area contributed by atoms with Gasteiger partial charge < -0.3 is 10.5 Å². The molecule has 0 amide bonds. The van der Waals surface area contributed by atoms with E-state index in [1.54, 1.807) is 7.11 Å². The lowest BCUT2D eigenvalue weighted by Gasteiger charge is -2.07. The standard InChI is InChI=1S/C12H19NO2S/c1-10-7-11(8-13)3-4-12(10)9-16(14)6-5-15-2/h3-4,7H,5-6,8-9,13H2,1-2H3. The quantitative estimate of drug-likeness (QED) is 0.818. The van der Waals surface area contributed by atoms with Gasteiger partial charge in [-0.25, -0.2) is 0 Å². The summed E-state index contributed by atoms with van der Waals surface area (Å²) in [4.78, 5) is 0. The number of aryl methyl sites for hydroxylation is 1. The Kier molecular flexibility index (Phi) is 5.66. The summed E-state index contributed by atoms with van der Waals surface area (Å²) in [6.45, 7) is 3.13. The number of nitrogens with two attached hydrogens (primary N) is 1. The zero-order chi connectivity index (χ0) is 12.0. The molecule has 0 radical (unpaired) electrons. The van der Waals surface area contributed by atoms with Crippen LogP contribution in [0.3, 0.4) is 0 Å². The van der Waals surface area contributed by atoms with E-state index in [-0.39, 0.29) is 0 Å². The van der Waals surface area contributed by atoms with Crippen LogP contribution in [0.5, 0.6) is 0 Å². The van der Waals surface area contributed by atoms with Gasteiger partial charge in [-0.1, -0.05) is 18.2 Å². The van der Waals surface area contributed by atoms with Crippen LogP contribution in [-0.2, 0) is 27.8 Å². The second-order valence-corrected chi connectivity index (χ2v) is 5.32. The molecule has 1 rings (SSSR count). The summed E-state index contributed by atoms with van der Waals surface area (Å²) in [5, 5.41) is 0. The Morgan fingerprint density at radius 1 is 1.44 bits per heavy atom. The van der Waals surface area contributed by atoms with Gasteiger partial charge in [0.15, 0.2) is 0 Å². The molecule has 0 bridgehead atoms. The van der Waals surface area contributed by atoms with Gasteiger partial charge in [-0.05, 0) is 23.6 Å². The van der Waals surface area contributed by atoms with E-state index in [2.05, 4.69) is 6.07 Å². The van der Waals surface area contributed by atoms with Crippen molar-refractivity contribution < 1.29 is 8.95 Å².